The first-order chi connectivity index (χ1) is 11.6. The molecule has 0 saturated carbocycles. The Bertz CT molecular complexity index is 594. The van der Waals surface area contributed by atoms with E-state index in [4.69, 9.17) is 9.47 Å². The molecule has 7 heteroatoms. The van der Waals surface area contributed by atoms with E-state index in [2.05, 4.69) is 0 Å². The molecule has 1 heterocycles. The highest BCUT2D eigenvalue weighted by molar-refractivity contribution is 5.97. The van der Waals surface area contributed by atoms with Gasteiger partial charge in [-0.15, -0.1) is 0 Å². The highest BCUT2D eigenvalue weighted by Gasteiger charge is 2.24. The van der Waals surface area contributed by atoms with Gasteiger partial charge in [0, 0.05) is 33.3 Å². The largest absolute Gasteiger partial charge is 0.496 e. The summed E-state index contributed by atoms with van der Waals surface area (Å²) >= 11 is 0. The molecule has 24 heavy (non-hydrogen) atoms. The molecule has 0 spiro atoms. The average molecular weight is 338 g/mol. The van der Waals surface area contributed by atoms with Gasteiger partial charge in [0.05, 0.1) is 25.7 Å². The second-order valence-corrected chi connectivity index (χ2v) is 5.61. The molecule has 0 atom stereocenters. The highest BCUT2D eigenvalue weighted by Crippen LogP contribution is 2.22. The third kappa shape index (κ3) is 4.44. The number of benzene rings is 1. The van der Waals surface area contributed by atoms with Crippen molar-refractivity contribution in [2.45, 2.75) is 12.8 Å². The summed E-state index contributed by atoms with van der Waals surface area (Å²) < 4.78 is 23.6. The molecule has 2 amide bonds. The molecule has 1 aliphatic rings. The minimum absolute atomic E-state index is 0.0227. The topological polar surface area (TPSA) is 59.1 Å². The summed E-state index contributed by atoms with van der Waals surface area (Å²) in [6, 6.07) is 3.89. The zero-order valence-electron chi connectivity index (χ0n) is 14.1. The van der Waals surface area contributed by atoms with Gasteiger partial charge < -0.3 is 19.3 Å². The number of amides is 2. The molecule has 1 aliphatic heterocycles. The number of methoxy groups -OCH3 is 2. The van der Waals surface area contributed by atoms with E-state index in [9.17, 15) is 14.0 Å². The molecule has 1 aromatic carbocycles. The van der Waals surface area contributed by atoms with Crippen molar-refractivity contribution in [2.24, 2.45) is 0 Å². The lowest BCUT2D eigenvalue weighted by atomic mass is 10.1. The maximum absolute atomic E-state index is 13.5. The fourth-order valence-corrected chi connectivity index (χ4v) is 2.74. The SMILES string of the molecule is COCCC(=O)N1CCCN(C(=O)c2cc(F)ccc2OC)CC1. The molecule has 0 bridgehead atoms. The Morgan fingerprint density at radius 3 is 2.54 bits per heavy atom. The van der Waals surface area contributed by atoms with Gasteiger partial charge in [0.1, 0.15) is 11.6 Å². The van der Waals surface area contributed by atoms with Gasteiger partial charge in [0.2, 0.25) is 5.91 Å². The Hall–Kier alpha value is -2.15. The van der Waals surface area contributed by atoms with Gasteiger partial charge in [0.15, 0.2) is 0 Å². The zero-order valence-corrected chi connectivity index (χ0v) is 14.1. The molecular weight excluding hydrogens is 315 g/mol. The summed E-state index contributed by atoms with van der Waals surface area (Å²) in [5, 5.41) is 0. The van der Waals surface area contributed by atoms with E-state index in [1.807, 2.05) is 0 Å². The van der Waals surface area contributed by atoms with Crippen LogP contribution in [-0.2, 0) is 9.53 Å². The van der Waals surface area contributed by atoms with Gasteiger partial charge in [-0.05, 0) is 24.6 Å². The van der Waals surface area contributed by atoms with Crippen LogP contribution in [0.25, 0.3) is 0 Å². The molecule has 0 N–H and O–H groups in total. The van der Waals surface area contributed by atoms with E-state index in [0.717, 1.165) is 0 Å². The quantitative estimate of drug-likeness (QED) is 0.817. The molecule has 2 rings (SSSR count). The Morgan fingerprint density at radius 2 is 1.83 bits per heavy atom. The van der Waals surface area contributed by atoms with Crippen LogP contribution in [0.15, 0.2) is 18.2 Å². The van der Waals surface area contributed by atoms with Gasteiger partial charge in [-0.3, -0.25) is 9.59 Å². The highest BCUT2D eigenvalue weighted by atomic mass is 19.1. The number of hydrogen-bond acceptors (Lipinski definition) is 4. The average Bonchev–Trinajstić information content (AvgIpc) is 2.85. The molecule has 132 valence electrons. The van der Waals surface area contributed by atoms with Crippen molar-refractivity contribution in [3.8, 4) is 5.75 Å². The summed E-state index contributed by atoms with van der Waals surface area (Å²) in [5.41, 5.74) is 0.205. The van der Waals surface area contributed by atoms with E-state index >= 15 is 0 Å². The first-order valence-electron chi connectivity index (χ1n) is 7.96. The van der Waals surface area contributed by atoms with Crippen LogP contribution in [-0.4, -0.2) is 68.6 Å². The maximum Gasteiger partial charge on any atom is 0.257 e. The number of halogens is 1. The van der Waals surface area contributed by atoms with E-state index in [-0.39, 0.29) is 17.4 Å². The molecule has 0 aliphatic carbocycles. The Labute approximate surface area is 141 Å². The Morgan fingerprint density at radius 1 is 1.12 bits per heavy atom. The lowest BCUT2D eigenvalue weighted by Crippen LogP contribution is -2.37. The summed E-state index contributed by atoms with van der Waals surface area (Å²) in [5.74, 6) is -0.393. The van der Waals surface area contributed by atoms with Crippen LogP contribution >= 0.6 is 0 Å². The van der Waals surface area contributed by atoms with Crippen molar-refractivity contribution < 1.29 is 23.5 Å². The van der Waals surface area contributed by atoms with Crippen molar-refractivity contribution in [1.82, 2.24) is 9.80 Å². The Balaban J connectivity index is 2.04. The number of hydrogen-bond donors (Lipinski definition) is 0. The maximum atomic E-state index is 13.5. The molecular formula is C17H23FN2O4. The molecule has 0 aromatic heterocycles. The molecule has 1 saturated heterocycles. The van der Waals surface area contributed by atoms with Crippen molar-refractivity contribution in [2.75, 3.05) is 47.0 Å². The second kappa shape index (κ2) is 8.63. The van der Waals surface area contributed by atoms with Gasteiger partial charge in [-0.2, -0.15) is 0 Å². The lowest BCUT2D eigenvalue weighted by Gasteiger charge is -2.23. The van der Waals surface area contributed by atoms with E-state index in [0.29, 0.717) is 51.4 Å². The minimum Gasteiger partial charge on any atom is -0.496 e. The van der Waals surface area contributed by atoms with Crippen molar-refractivity contribution in [1.29, 1.82) is 0 Å². The number of ether oxygens (including phenoxy) is 2. The smallest absolute Gasteiger partial charge is 0.257 e. The van der Waals surface area contributed by atoms with Crippen LogP contribution in [0.2, 0.25) is 0 Å². The first-order valence-corrected chi connectivity index (χ1v) is 7.96. The normalized spacial score (nSPS) is 15.1. The van der Waals surface area contributed by atoms with Crippen molar-refractivity contribution in [3.05, 3.63) is 29.6 Å². The van der Waals surface area contributed by atoms with Gasteiger partial charge in [-0.1, -0.05) is 0 Å². The summed E-state index contributed by atoms with van der Waals surface area (Å²) in [6.07, 6.45) is 1.02. The monoisotopic (exact) mass is 338 g/mol. The molecule has 6 nitrogen and oxygen atoms in total. The van der Waals surface area contributed by atoms with Gasteiger partial charge >= 0.3 is 0 Å². The van der Waals surface area contributed by atoms with Crippen molar-refractivity contribution in [3.63, 3.8) is 0 Å². The van der Waals surface area contributed by atoms with Crippen LogP contribution in [0, 0.1) is 5.82 Å². The molecule has 0 radical (unpaired) electrons. The standard InChI is InChI=1S/C17H23FN2O4/c1-23-11-6-16(21)19-7-3-8-20(10-9-19)17(22)14-12-13(18)4-5-15(14)24-2/h4-5,12H,3,6-11H2,1-2H3. The fourth-order valence-electron chi connectivity index (χ4n) is 2.74. The van der Waals surface area contributed by atoms with E-state index in [1.54, 1.807) is 16.9 Å². The van der Waals surface area contributed by atoms with Crippen LogP contribution in [0.5, 0.6) is 5.75 Å². The van der Waals surface area contributed by atoms with Crippen molar-refractivity contribution >= 4 is 11.8 Å². The molecule has 0 unspecified atom stereocenters. The third-order valence-electron chi connectivity index (χ3n) is 4.05. The number of rotatable bonds is 5. The third-order valence-corrected chi connectivity index (χ3v) is 4.05. The fraction of sp³-hybridized carbons (Fsp3) is 0.529. The van der Waals surface area contributed by atoms with Crippen LogP contribution in [0.1, 0.15) is 23.2 Å². The second-order valence-electron chi connectivity index (χ2n) is 5.61. The van der Waals surface area contributed by atoms with Crippen LogP contribution < -0.4 is 4.74 Å². The number of carbonyl (C=O) groups is 2. The zero-order chi connectivity index (χ0) is 17.5. The predicted molar refractivity (Wildman–Crippen MR) is 86.5 cm³/mol. The van der Waals surface area contributed by atoms with Crippen LogP contribution in [0.4, 0.5) is 4.39 Å². The van der Waals surface area contributed by atoms with Gasteiger partial charge in [0.25, 0.3) is 5.91 Å². The Kier molecular flexibility index (Phi) is 6.54. The number of carbonyl (C=O) groups excluding carboxylic acids is 2. The predicted octanol–water partition coefficient (Wildman–Crippen LogP) is 1.55. The summed E-state index contributed by atoms with van der Waals surface area (Å²) in [4.78, 5) is 28.1. The lowest BCUT2D eigenvalue weighted by molar-refractivity contribution is -0.132. The van der Waals surface area contributed by atoms with Gasteiger partial charge in [-0.25, -0.2) is 4.39 Å². The van der Waals surface area contributed by atoms with E-state index in [1.165, 1.54) is 25.3 Å². The minimum atomic E-state index is -0.481. The first kappa shape index (κ1) is 18.2. The number of nitrogens with zero attached hydrogens (tertiary/aromatic N) is 2. The van der Waals surface area contributed by atoms with E-state index < -0.39 is 5.82 Å². The molecule has 1 aromatic rings. The van der Waals surface area contributed by atoms with Crippen LogP contribution in [0.3, 0.4) is 0 Å². The summed E-state index contributed by atoms with van der Waals surface area (Å²) in [6.45, 7) is 2.39. The summed E-state index contributed by atoms with van der Waals surface area (Å²) in [7, 11) is 3.01. The molecule has 1 fully saturated rings.